The van der Waals surface area contributed by atoms with Crippen molar-refractivity contribution in [2.45, 2.75) is 32.4 Å². The number of ether oxygens (including phenoxy) is 1. The van der Waals surface area contributed by atoms with E-state index in [1.165, 1.54) is 5.56 Å². The summed E-state index contributed by atoms with van der Waals surface area (Å²) in [6.07, 6.45) is 3.64. The first-order chi connectivity index (χ1) is 14.1. The van der Waals surface area contributed by atoms with Crippen LogP contribution in [0.2, 0.25) is 0 Å². The van der Waals surface area contributed by atoms with Crippen molar-refractivity contribution >= 4 is 0 Å². The third-order valence-electron chi connectivity index (χ3n) is 5.75. The van der Waals surface area contributed by atoms with Gasteiger partial charge in [0.15, 0.2) is 5.82 Å². The molecule has 0 amide bonds. The molecular weight excluding hydrogens is 368 g/mol. The van der Waals surface area contributed by atoms with E-state index in [4.69, 9.17) is 14.8 Å². The summed E-state index contributed by atoms with van der Waals surface area (Å²) < 4.78 is 10.0. The molecule has 2 aromatic heterocycles. The number of likely N-dealkylation sites (tertiary alicyclic amines) is 1. The second-order valence-electron chi connectivity index (χ2n) is 8.05. The Hall–Kier alpha value is -2.71. The molecule has 0 saturated carbocycles. The molecule has 8 nitrogen and oxygen atoms in total. The van der Waals surface area contributed by atoms with Crippen LogP contribution in [0.5, 0.6) is 5.75 Å². The highest BCUT2D eigenvalue weighted by molar-refractivity contribution is 5.69. The van der Waals surface area contributed by atoms with Crippen molar-refractivity contribution in [3.8, 4) is 28.7 Å². The van der Waals surface area contributed by atoms with E-state index in [1.54, 1.807) is 6.33 Å². The van der Waals surface area contributed by atoms with Gasteiger partial charge >= 0.3 is 0 Å². The zero-order chi connectivity index (χ0) is 20.0. The van der Waals surface area contributed by atoms with Gasteiger partial charge in [-0.2, -0.15) is 5.10 Å². The van der Waals surface area contributed by atoms with Crippen LogP contribution in [-0.4, -0.2) is 67.2 Å². The fourth-order valence-corrected chi connectivity index (χ4v) is 4.18. The Balaban J connectivity index is 1.51. The minimum atomic E-state index is 0.214. The number of imidazole rings is 1. The average molecular weight is 394 g/mol. The molecule has 152 valence electrons. The summed E-state index contributed by atoms with van der Waals surface area (Å²) in [5, 5.41) is 13.5. The summed E-state index contributed by atoms with van der Waals surface area (Å²) >= 11 is 0. The van der Waals surface area contributed by atoms with E-state index in [0.717, 1.165) is 54.8 Å². The molecule has 0 aliphatic carbocycles. The molecule has 1 saturated heterocycles. The van der Waals surface area contributed by atoms with Crippen molar-refractivity contribution in [3.63, 3.8) is 0 Å². The molecule has 2 aliphatic rings. The van der Waals surface area contributed by atoms with Gasteiger partial charge in [-0.15, -0.1) is 0 Å². The fraction of sp³-hybridized carbons (Fsp3) is 0.476. The molecule has 0 radical (unpaired) electrons. The predicted molar refractivity (Wildman–Crippen MR) is 109 cm³/mol. The first kappa shape index (κ1) is 18.3. The summed E-state index contributed by atoms with van der Waals surface area (Å²) in [5.41, 5.74) is 3.16. The summed E-state index contributed by atoms with van der Waals surface area (Å²) in [4.78, 5) is 11.7. The quantitative estimate of drug-likeness (QED) is 0.714. The van der Waals surface area contributed by atoms with Crippen LogP contribution in [0.4, 0.5) is 0 Å². The Morgan fingerprint density at radius 2 is 2.10 bits per heavy atom. The molecule has 5 rings (SSSR count). The van der Waals surface area contributed by atoms with E-state index >= 15 is 0 Å². The van der Waals surface area contributed by atoms with Crippen molar-refractivity contribution in [3.05, 3.63) is 36.3 Å². The molecule has 8 heteroatoms. The molecular formula is C21H26N6O2. The van der Waals surface area contributed by atoms with Crippen LogP contribution in [0.3, 0.4) is 0 Å². The fourth-order valence-electron chi connectivity index (χ4n) is 4.18. The summed E-state index contributed by atoms with van der Waals surface area (Å²) in [5.74, 6) is 3.07. The standard InChI is InChI=1S/C21H26N6O2/c1-14(2)27-21(22-13-23-27)18-12-26-6-8-29-19-4-3-15(9-17(19)20(26)24-18)16-10-25(11-16)5-7-28/h3-4,9,12-14,16,28H,5-8,10-11H2,1-2H3. The van der Waals surface area contributed by atoms with Crippen molar-refractivity contribution in [2.24, 2.45) is 0 Å². The predicted octanol–water partition coefficient (Wildman–Crippen LogP) is 2.17. The first-order valence-electron chi connectivity index (χ1n) is 10.2. The second kappa shape index (κ2) is 7.27. The molecule has 2 aliphatic heterocycles. The maximum atomic E-state index is 9.11. The van der Waals surface area contributed by atoms with E-state index in [9.17, 15) is 0 Å². The Morgan fingerprint density at radius 3 is 2.90 bits per heavy atom. The second-order valence-corrected chi connectivity index (χ2v) is 8.05. The molecule has 29 heavy (non-hydrogen) atoms. The maximum absolute atomic E-state index is 9.11. The Morgan fingerprint density at radius 1 is 1.24 bits per heavy atom. The number of aromatic nitrogens is 5. The van der Waals surface area contributed by atoms with Gasteiger partial charge in [0.25, 0.3) is 0 Å². The lowest BCUT2D eigenvalue weighted by atomic mass is 9.90. The third-order valence-corrected chi connectivity index (χ3v) is 5.75. The number of hydrogen-bond donors (Lipinski definition) is 1. The van der Waals surface area contributed by atoms with Gasteiger partial charge in [0.2, 0.25) is 0 Å². The minimum Gasteiger partial charge on any atom is -0.491 e. The number of hydrogen-bond acceptors (Lipinski definition) is 6. The lowest BCUT2D eigenvalue weighted by molar-refractivity contribution is 0.115. The molecule has 1 aromatic carbocycles. The van der Waals surface area contributed by atoms with Gasteiger partial charge in [-0.05, 0) is 31.5 Å². The van der Waals surface area contributed by atoms with Crippen LogP contribution in [0.25, 0.3) is 22.9 Å². The zero-order valence-electron chi connectivity index (χ0n) is 16.8. The van der Waals surface area contributed by atoms with E-state index in [1.807, 2.05) is 4.68 Å². The number of benzene rings is 1. The van der Waals surface area contributed by atoms with Crippen molar-refractivity contribution < 1.29 is 9.84 Å². The monoisotopic (exact) mass is 394 g/mol. The molecule has 1 fully saturated rings. The van der Waals surface area contributed by atoms with E-state index in [2.05, 4.69) is 57.8 Å². The number of aliphatic hydroxyl groups is 1. The van der Waals surface area contributed by atoms with Crippen LogP contribution < -0.4 is 4.74 Å². The lowest BCUT2D eigenvalue weighted by Gasteiger charge is -2.39. The molecule has 0 bridgehead atoms. The Labute approximate surface area is 169 Å². The van der Waals surface area contributed by atoms with Gasteiger partial charge in [0.05, 0.1) is 18.7 Å². The average Bonchev–Trinajstić information content (AvgIpc) is 3.29. The van der Waals surface area contributed by atoms with Gasteiger partial charge in [0, 0.05) is 37.8 Å². The maximum Gasteiger partial charge on any atom is 0.178 e. The third kappa shape index (κ3) is 3.22. The minimum absolute atomic E-state index is 0.214. The topological polar surface area (TPSA) is 81.2 Å². The summed E-state index contributed by atoms with van der Waals surface area (Å²) in [7, 11) is 0. The smallest absolute Gasteiger partial charge is 0.178 e. The van der Waals surface area contributed by atoms with Crippen molar-refractivity contribution in [2.75, 3.05) is 32.8 Å². The summed E-state index contributed by atoms with van der Waals surface area (Å²) in [6, 6.07) is 6.67. The van der Waals surface area contributed by atoms with E-state index < -0.39 is 0 Å². The molecule has 0 atom stereocenters. The van der Waals surface area contributed by atoms with E-state index in [-0.39, 0.29) is 12.6 Å². The van der Waals surface area contributed by atoms with E-state index in [0.29, 0.717) is 12.5 Å². The number of aliphatic hydroxyl groups excluding tert-OH is 1. The Kier molecular flexibility index (Phi) is 4.60. The number of β-amino-alcohol motifs (C(OH)–C–C–N with tert-alkyl or cyclic N) is 1. The number of fused-ring (bicyclic) bond motifs is 3. The highest BCUT2D eigenvalue weighted by Crippen LogP contribution is 2.37. The highest BCUT2D eigenvalue weighted by Gasteiger charge is 2.29. The number of rotatable bonds is 5. The molecule has 0 spiro atoms. The zero-order valence-corrected chi connectivity index (χ0v) is 16.8. The van der Waals surface area contributed by atoms with Gasteiger partial charge in [0.1, 0.15) is 30.2 Å². The molecule has 0 unspecified atom stereocenters. The van der Waals surface area contributed by atoms with Crippen LogP contribution >= 0.6 is 0 Å². The van der Waals surface area contributed by atoms with Gasteiger partial charge in [-0.3, -0.25) is 4.90 Å². The Bertz CT molecular complexity index is 1020. The van der Waals surface area contributed by atoms with Crippen LogP contribution in [0, 0.1) is 0 Å². The van der Waals surface area contributed by atoms with Gasteiger partial charge < -0.3 is 14.4 Å². The van der Waals surface area contributed by atoms with Crippen LogP contribution in [0.1, 0.15) is 31.4 Å². The molecule has 3 aromatic rings. The van der Waals surface area contributed by atoms with Gasteiger partial charge in [-0.1, -0.05) is 6.07 Å². The van der Waals surface area contributed by atoms with Crippen molar-refractivity contribution in [1.82, 2.24) is 29.2 Å². The first-order valence-corrected chi connectivity index (χ1v) is 10.2. The molecule has 4 heterocycles. The number of nitrogens with zero attached hydrogens (tertiary/aromatic N) is 6. The largest absolute Gasteiger partial charge is 0.491 e. The van der Waals surface area contributed by atoms with Crippen LogP contribution in [-0.2, 0) is 6.54 Å². The lowest BCUT2D eigenvalue weighted by Crippen LogP contribution is -2.46. The molecule has 1 N–H and O–H groups in total. The van der Waals surface area contributed by atoms with Gasteiger partial charge in [-0.25, -0.2) is 14.6 Å². The van der Waals surface area contributed by atoms with Crippen LogP contribution in [0.15, 0.2) is 30.7 Å². The SMILES string of the molecule is CC(C)n1ncnc1-c1cn2c(n1)-c1cc(C3CN(CCO)C3)ccc1OCC2. The normalized spacial score (nSPS) is 16.8. The highest BCUT2D eigenvalue weighted by atomic mass is 16.5. The van der Waals surface area contributed by atoms with Crippen molar-refractivity contribution in [1.29, 1.82) is 0 Å². The summed E-state index contributed by atoms with van der Waals surface area (Å²) in [6.45, 7) is 8.46.